The van der Waals surface area contributed by atoms with Crippen molar-refractivity contribution < 1.29 is 27.4 Å². The van der Waals surface area contributed by atoms with Crippen molar-refractivity contribution in [3.05, 3.63) is 53.7 Å². The van der Waals surface area contributed by atoms with Crippen LogP contribution >= 0.6 is 11.8 Å². The monoisotopic (exact) mass is 357 g/mol. The Balaban J connectivity index is 1.82. The number of ether oxygens (including phenoxy) is 2. The molecular formula is C16H14F3NO3S. The van der Waals surface area contributed by atoms with E-state index in [2.05, 4.69) is 9.72 Å². The molecule has 0 unspecified atom stereocenters. The van der Waals surface area contributed by atoms with E-state index < -0.39 is 17.7 Å². The zero-order valence-corrected chi connectivity index (χ0v) is 13.5. The van der Waals surface area contributed by atoms with Gasteiger partial charge in [0.05, 0.1) is 29.9 Å². The number of nitrogens with zero attached hydrogens (tertiary/aromatic N) is 1. The summed E-state index contributed by atoms with van der Waals surface area (Å²) >= 11 is 1.28. The Kier molecular flexibility index (Phi) is 6.08. The number of carbonyl (C=O) groups is 1. The fourth-order valence-electron chi connectivity index (χ4n) is 1.77. The number of hydrogen-bond acceptors (Lipinski definition) is 5. The van der Waals surface area contributed by atoms with Crippen LogP contribution in [0.3, 0.4) is 0 Å². The summed E-state index contributed by atoms with van der Waals surface area (Å²) in [5.74, 6) is 0.559. The molecular weight excluding hydrogens is 343 g/mol. The van der Waals surface area contributed by atoms with Crippen molar-refractivity contribution in [2.24, 2.45) is 0 Å². The quantitative estimate of drug-likeness (QED) is 0.443. The van der Waals surface area contributed by atoms with Crippen LogP contribution < -0.4 is 4.74 Å². The van der Waals surface area contributed by atoms with Gasteiger partial charge in [0.15, 0.2) is 0 Å². The maximum Gasteiger partial charge on any atom is 0.417 e. The summed E-state index contributed by atoms with van der Waals surface area (Å²) in [5.41, 5.74) is -0.394. The Morgan fingerprint density at radius 1 is 1.25 bits per heavy atom. The number of carbonyl (C=O) groups excluding carboxylic acids is 1. The lowest BCUT2D eigenvalue weighted by Gasteiger charge is -2.08. The Hall–Kier alpha value is -2.22. The number of pyridine rings is 1. The van der Waals surface area contributed by atoms with Gasteiger partial charge in [-0.05, 0) is 30.3 Å². The highest BCUT2D eigenvalue weighted by Crippen LogP contribution is 2.29. The number of esters is 1. The van der Waals surface area contributed by atoms with Gasteiger partial charge in [-0.1, -0.05) is 6.07 Å². The average molecular weight is 357 g/mol. The fourth-order valence-corrected chi connectivity index (χ4v) is 2.44. The van der Waals surface area contributed by atoms with Gasteiger partial charge in [-0.3, -0.25) is 0 Å². The average Bonchev–Trinajstić information content (AvgIpc) is 2.58. The molecule has 4 nitrogen and oxygen atoms in total. The number of thioether (sulfide) groups is 1. The summed E-state index contributed by atoms with van der Waals surface area (Å²) in [6.07, 6.45) is -3.58. The van der Waals surface area contributed by atoms with Gasteiger partial charge in [-0.2, -0.15) is 13.2 Å². The topological polar surface area (TPSA) is 48.4 Å². The minimum absolute atomic E-state index is 0.317. The number of methoxy groups -OCH3 is 1. The second-order valence-electron chi connectivity index (χ2n) is 4.60. The van der Waals surface area contributed by atoms with Crippen LogP contribution in [-0.2, 0) is 10.9 Å². The molecule has 1 aromatic carbocycles. The van der Waals surface area contributed by atoms with E-state index in [9.17, 15) is 18.0 Å². The maximum absolute atomic E-state index is 12.4. The normalized spacial score (nSPS) is 11.2. The fraction of sp³-hybridized carbons (Fsp3) is 0.250. The number of aromatic nitrogens is 1. The van der Waals surface area contributed by atoms with Crippen LogP contribution in [0.15, 0.2) is 47.6 Å². The molecule has 2 aromatic rings. The predicted molar refractivity (Wildman–Crippen MR) is 83.2 cm³/mol. The number of alkyl halides is 3. The van der Waals surface area contributed by atoms with E-state index in [1.54, 1.807) is 24.3 Å². The number of rotatable bonds is 6. The van der Waals surface area contributed by atoms with Crippen LogP contribution in [0.2, 0.25) is 0 Å². The number of benzene rings is 1. The Morgan fingerprint density at radius 3 is 2.67 bits per heavy atom. The van der Waals surface area contributed by atoms with E-state index in [1.165, 1.54) is 24.9 Å². The van der Waals surface area contributed by atoms with Crippen molar-refractivity contribution in [1.29, 1.82) is 0 Å². The second-order valence-corrected chi connectivity index (χ2v) is 5.71. The van der Waals surface area contributed by atoms with E-state index in [1.807, 2.05) is 0 Å². The molecule has 0 saturated carbocycles. The predicted octanol–water partition coefficient (Wildman–Crippen LogP) is 4.06. The molecule has 24 heavy (non-hydrogen) atoms. The van der Waals surface area contributed by atoms with Gasteiger partial charge in [-0.25, -0.2) is 9.78 Å². The van der Waals surface area contributed by atoms with Gasteiger partial charge in [0.25, 0.3) is 0 Å². The lowest BCUT2D eigenvalue weighted by Crippen LogP contribution is -2.05. The number of hydrogen-bond donors (Lipinski definition) is 0. The van der Waals surface area contributed by atoms with Crippen molar-refractivity contribution in [1.82, 2.24) is 4.98 Å². The summed E-state index contributed by atoms with van der Waals surface area (Å²) in [5, 5.41) is 0.481. The third-order valence-electron chi connectivity index (χ3n) is 2.92. The smallest absolute Gasteiger partial charge is 0.417 e. The molecule has 8 heteroatoms. The third-order valence-corrected chi connectivity index (χ3v) is 3.83. The van der Waals surface area contributed by atoms with Gasteiger partial charge in [0.1, 0.15) is 5.75 Å². The first-order valence-corrected chi connectivity index (χ1v) is 7.86. The molecule has 128 valence electrons. The first kappa shape index (κ1) is 18.1. The third kappa shape index (κ3) is 5.16. The molecule has 0 atom stereocenters. The largest absolute Gasteiger partial charge is 0.493 e. The highest BCUT2D eigenvalue weighted by Gasteiger charge is 2.30. The van der Waals surface area contributed by atoms with Crippen LogP contribution in [0.25, 0.3) is 0 Å². The highest BCUT2D eigenvalue weighted by atomic mass is 32.2. The highest BCUT2D eigenvalue weighted by molar-refractivity contribution is 7.99. The maximum atomic E-state index is 12.4. The molecule has 0 fully saturated rings. The standard InChI is InChI=1S/C16H14F3NO3S/c1-22-15(21)11-3-2-4-13(9-11)23-7-8-24-14-6-5-12(10-20-14)16(17,18)19/h2-6,9-10H,7-8H2,1H3. The second kappa shape index (κ2) is 8.05. The van der Waals surface area contributed by atoms with E-state index >= 15 is 0 Å². The summed E-state index contributed by atoms with van der Waals surface area (Å²) in [4.78, 5) is 15.2. The van der Waals surface area contributed by atoms with Gasteiger partial charge in [-0.15, -0.1) is 11.8 Å². The Labute approximate surface area is 141 Å². The van der Waals surface area contributed by atoms with Crippen LogP contribution in [-0.4, -0.2) is 30.4 Å². The first-order valence-electron chi connectivity index (χ1n) is 6.87. The van der Waals surface area contributed by atoms with Crippen molar-refractivity contribution in [2.45, 2.75) is 11.2 Å². The SMILES string of the molecule is COC(=O)c1cccc(OCCSc2ccc(C(F)(F)F)cn2)c1. The lowest BCUT2D eigenvalue weighted by atomic mass is 10.2. The minimum Gasteiger partial charge on any atom is -0.493 e. The molecule has 0 amide bonds. The molecule has 0 aliphatic heterocycles. The van der Waals surface area contributed by atoms with Crippen molar-refractivity contribution in [3.8, 4) is 5.75 Å². The zero-order chi connectivity index (χ0) is 17.6. The first-order chi connectivity index (χ1) is 11.4. The summed E-state index contributed by atoms with van der Waals surface area (Å²) in [6.45, 7) is 0.317. The molecule has 0 bridgehead atoms. The summed E-state index contributed by atoms with van der Waals surface area (Å²) < 4.78 is 47.4. The Bertz CT molecular complexity index is 690. The Morgan fingerprint density at radius 2 is 2.04 bits per heavy atom. The van der Waals surface area contributed by atoms with Crippen LogP contribution in [0.5, 0.6) is 5.75 Å². The zero-order valence-electron chi connectivity index (χ0n) is 12.7. The summed E-state index contributed by atoms with van der Waals surface area (Å²) in [6, 6.07) is 8.87. The molecule has 1 aromatic heterocycles. The van der Waals surface area contributed by atoms with Gasteiger partial charge in [0, 0.05) is 11.9 Å². The van der Waals surface area contributed by atoms with Crippen molar-refractivity contribution >= 4 is 17.7 Å². The molecule has 0 aliphatic rings. The van der Waals surface area contributed by atoms with Crippen molar-refractivity contribution in [3.63, 3.8) is 0 Å². The minimum atomic E-state index is -4.38. The molecule has 0 N–H and O–H groups in total. The molecule has 0 spiro atoms. The molecule has 0 radical (unpaired) electrons. The van der Waals surface area contributed by atoms with E-state index in [0.29, 0.717) is 28.7 Å². The van der Waals surface area contributed by atoms with Crippen LogP contribution in [0.1, 0.15) is 15.9 Å². The molecule has 0 aliphatic carbocycles. The summed E-state index contributed by atoms with van der Waals surface area (Å²) in [7, 11) is 1.30. The lowest BCUT2D eigenvalue weighted by molar-refractivity contribution is -0.137. The van der Waals surface area contributed by atoms with Crippen molar-refractivity contribution in [2.75, 3.05) is 19.5 Å². The van der Waals surface area contributed by atoms with E-state index in [4.69, 9.17) is 4.74 Å². The van der Waals surface area contributed by atoms with Gasteiger partial charge < -0.3 is 9.47 Å². The van der Waals surface area contributed by atoms with Gasteiger partial charge in [0.2, 0.25) is 0 Å². The molecule has 2 rings (SSSR count). The van der Waals surface area contributed by atoms with Crippen LogP contribution in [0.4, 0.5) is 13.2 Å². The van der Waals surface area contributed by atoms with E-state index in [-0.39, 0.29) is 0 Å². The van der Waals surface area contributed by atoms with E-state index in [0.717, 1.165) is 12.3 Å². The molecule has 0 saturated heterocycles. The van der Waals surface area contributed by atoms with Gasteiger partial charge >= 0.3 is 12.1 Å². The molecule has 1 heterocycles. The number of halogens is 3. The van der Waals surface area contributed by atoms with Crippen LogP contribution in [0, 0.1) is 0 Å².